The van der Waals surface area contributed by atoms with Crippen molar-refractivity contribution in [2.45, 2.75) is 13.8 Å². The highest BCUT2D eigenvalue weighted by Gasteiger charge is 2.17. The molecule has 0 spiro atoms. The first-order valence-electron chi connectivity index (χ1n) is 8.31. The Morgan fingerprint density at radius 1 is 1.15 bits per heavy atom. The van der Waals surface area contributed by atoms with Crippen molar-refractivity contribution >= 4 is 38.2 Å². The number of ether oxygens (including phenoxy) is 2. The lowest BCUT2D eigenvalue weighted by molar-refractivity contribution is 0.290. The molecule has 0 amide bonds. The number of benzene rings is 2. The third-order valence-electron chi connectivity index (χ3n) is 3.76. The van der Waals surface area contributed by atoms with Crippen molar-refractivity contribution in [1.82, 2.24) is 4.98 Å². The van der Waals surface area contributed by atoms with Crippen molar-refractivity contribution in [3.63, 3.8) is 0 Å². The quantitative estimate of drug-likeness (QED) is 0.587. The summed E-state index contributed by atoms with van der Waals surface area (Å²) in [5.41, 5.74) is 2.69. The number of halogens is 1. The summed E-state index contributed by atoms with van der Waals surface area (Å²) in [6.07, 6.45) is 1.56. The number of nitrogens with one attached hydrogen (secondary N) is 1. The van der Waals surface area contributed by atoms with Gasteiger partial charge in [0.1, 0.15) is 11.6 Å². The molecule has 0 fully saturated rings. The molecule has 0 aliphatic rings. The molecule has 132 valence electrons. The topological polar surface area (TPSA) is 67.2 Å². The fourth-order valence-corrected chi connectivity index (χ4v) is 3.10. The number of nitriles is 1. The second-order valence-corrected chi connectivity index (χ2v) is 6.36. The molecule has 0 saturated carbocycles. The van der Waals surface area contributed by atoms with E-state index in [4.69, 9.17) is 9.47 Å². The summed E-state index contributed by atoms with van der Waals surface area (Å²) in [4.78, 5) is 4.46. The van der Waals surface area contributed by atoms with Gasteiger partial charge < -0.3 is 14.8 Å². The Morgan fingerprint density at radius 3 is 2.65 bits per heavy atom. The zero-order chi connectivity index (χ0) is 18.5. The van der Waals surface area contributed by atoms with Gasteiger partial charge in [-0.2, -0.15) is 5.26 Å². The minimum absolute atomic E-state index is 0.462. The summed E-state index contributed by atoms with van der Waals surface area (Å²) in [7, 11) is 0. The second-order valence-electron chi connectivity index (χ2n) is 5.45. The molecule has 0 saturated heterocycles. The van der Waals surface area contributed by atoms with Gasteiger partial charge in [-0.25, -0.2) is 0 Å². The number of pyridine rings is 1. The monoisotopic (exact) mass is 411 g/mol. The van der Waals surface area contributed by atoms with Crippen molar-refractivity contribution in [2.24, 2.45) is 0 Å². The summed E-state index contributed by atoms with van der Waals surface area (Å²) in [5.74, 6) is 1.24. The number of hydrogen-bond acceptors (Lipinski definition) is 5. The van der Waals surface area contributed by atoms with E-state index < -0.39 is 0 Å². The van der Waals surface area contributed by atoms with Crippen LogP contribution >= 0.6 is 15.9 Å². The molecule has 0 aliphatic carbocycles. The highest BCUT2D eigenvalue weighted by molar-refractivity contribution is 9.10. The lowest BCUT2D eigenvalue weighted by Gasteiger charge is -2.16. The summed E-state index contributed by atoms with van der Waals surface area (Å²) in [6, 6.07) is 13.7. The van der Waals surface area contributed by atoms with Crippen molar-refractivity contribution in [3.05, 3.63) is 52.6 Å². The van der Waals surface area contributed by atoms with Crippen LogP contribution in [0.15, 0.2) is 47.1 Å². The van der Waals surface area contributed by atoms with Crippen LogP contribution in [0, 0.1) is 11.3 Å². The summed E-state index contributed by atoms with van der Waals surface area (Å²) in [5, 5.41) is 13.7. The number of fused-ring (bicyclic) bond motifs is 1. The average molecular weight is 412 g/mol. The molecule has 5 nitrogen and oxygen atoms in total. The van der Waals surface area contributed by atoms with Crippen molar-refractivity contribution in [1.29, 1.82) is 5.26 Å². The van der Waals surface area contributed by atoms with Gasteiger partial charge in [0, 0.05) is 21.7 Å². The summed E-state index contributed by atoms with van der Waals surface area (Å²) in [6.45, 7) is 4.87. The van der Waals surface area contributed by atoms with Gasteiger partial charge in [-0.05, 0) is 44.2 Å². The Hall–Kier alpha value is -2.78. The minimum atomic E-state index is 0.462. The Balaban J connectivity index is 2.20. The molecule has 1 aromatic heterocycles. The highest BCUT2D eigenvalue weighted by Crippen LogP contribution is 2.39. The van der Waals surface area contributed by atoms with E-state index in [1.165, 1.54) is 0 Å². The van der Waals surface area contributed by atoms with E-state index >= 15 is 0 Å². The van der Waals surface area contributed by atoms with Crippen LogP contribution in [0.5, 0.6) is 11.5 Å². The maximum Gasteiger partial charge on any atom is 0.187 e. The maximum atomic E-state index is 9.53. The van der Waals surface area contributed by atoms with Gasteiger partial charge in [0.2, 0.25) is 0 Å². The van der Waals surface area contributed by atoms with Crippen LogP contribution in [0.2, 0.25) is 0 Å². The molecule has 1 N–H and O–H groups in total. The molecule has 0 unspecified atom stereocenters. The molecule has 6 heteroatoms. The lowest BCUT2D eigenvalue weighted by atomic mass is 10.1. The van der Waals surface area contributed by atoms with E-state index in [0.717, 1.165) is 15.5 Å². The SMILES string of the molecule is CCOc1ccc2c(Nc3cccc(Br)c3)c(C#N)cnc2c1OCC. The molecule has 0 bridgehead atoms. The first-order valence-corrected chi connectivity index (χ1v) is 9.11. The van der Waals surface area contributed by atoms with Crippen LogP contribution < -0.4 is 14.8 Å². The number of rotatable bonds is 6. The van der Waals surface area contributed by atoms with E-state index in [1.807, 2.05) is 50.2 Å². The van der Waals surface area contributed by atoms with E-state index in [9.17, 15) is 5.26 Å². The van der Waals surface area contributed by atoms with Gasteiger partial charge in [0.15, 0.2) is 11.5 Å². The number of aromatic nitrogens is 1. The van der Waals surface area contributed by atoms with Crippen LogP contribution in [0.1, 0.15) is 19.4 Å². The van der Waals surface area contributed by atoms with Crippen molar-refractivity contribution < 1.29 is 9.47 Å². The van der Waals surface area contributed by atoms with Gasteiger partial charge in [-0.1, -0.05) is 22.0 Å². The lowest BCUT2D eigenvalue weighted by Crippen LogP contribution is -2.02. The van der Waals surface area contributed by atoms with Gasteiger partial charge >= 0.3 is 0 Å². The normalized spacial score (nSPS) is 10.4. The van der Waals surface area contributed by atoms with Gasteiger partial charge in [-0.3, -0.25) is 4.98 Å². The van der Waals surface area contributed by atoms with E-state index in [2.05, 4.69) is 32.3 Å². The molecule has 0 atom stereocenters. The summed E-state index contributed by atoms with van der Waals surface area (Å²) < 4.78 is 12.4. The predicted molar refractivity (Wildman–Crippen MR) is 106 cm³/mol. The number of nitrogens with zero attached hydrogens (tertiary/aromatic N) is 2. The van der Waals surface area contributed by atoms with Crippen molar-refractivity contribution in [3.8, 4) is 17.6 Å². The van der Waals surface area contributed by atoms with E-state index in [1.54, 1.807) is 6.20 Å². The standard InChI is InChI=1S/C20H18BrN3O2/c1-3-25-17-9-8-16-18(24-15-7-5-6-14(21)10-15)13(11-22)12-23-19(16)20(17)26-4-2/h5-10,12H,3-4H2,1-2H3,(H,23,24). The van der Waals surface area contributed by atoms with Gasteiger partial charge in [0.25, 0.3) is 0 Å². The minimum Gasteiger partial charge on any atom is -0.490 e. The third-order valence-corrected chi connectivity index (χ3v) is 4.25. The molecule has 26 heavy (non-hydrogen) atoms. The first kappa shape index (κ1) is 18.0. The van der Waals surface area contributed by atoms with E-state index in [0.29, 0.717) is 41.5 Å². The highest BCUT2D eigenvalue weighted by atomic mass is 79.9. The van der Waals surface area contributed by atoms with Gasteiger partial charge in [-0.15, -0.1) is 0 Å². The fraction of sp³-hybridized carbons (Fsp3) is 0.200. The third kappa shape index (κ3) is 3.58. The molecule has 3 rings (SSSR count). The average Bonchev–Trinajstić information content (AvgIpc) is 2.64. The molecule has 3 aromatic rings. The Kier molecular flexibility index (Phi) is 5.59. The largest absolute Gasteiger partial charge is 0.490 e. The number of anilines is 2. The zero-order valence-corrected chi connectivity index (χ0v) is 16.1. The van der Waals surface area contributed by atoms with Gasteiger partial charge in [0.05, 0.1) is 24.5 Å². The van der Waals surface area contributed by atoms with Crippen molar-refractivity contribution in [2.75, 3.05) is 18.5 Å². The van der Waals surface area contributed by atoms with Crippen LogP contribution in [-0.4, -0.2) is 18.2 Å². The number of hydrogen-bond donors (Lipinski definition) is 1. The van der Waals surface area contributed by atoms with Crippen LogP contribution in [-0.2, 0) is 0 Å². The predicted octanol–water partition coefficient (Wildman–Crippen LogP) is 5.41. The first-order chi connectivity index (χ1) is 12.7. The Bertz CT molecular complexity index is 983. The molecule has 0 aliphatic heterocycles. The van der Waals surface area contributed by atoms with Crippen LogP contribution in [0.3, 0.4) is 0 Å². The summed E-state index contributed by atoms with van der Waals surface area (Å²) >= 11 is 3.47. The molecule has 1 heterocycles. The fourth-order valence-electron chi connectivity index (χ4n) is 2.70. The molecular weight excluding hydrogens is 394 g/mol. The maximum absolute atomic E-state index is 9.53. The Labute approximate surface area is 160 Å². The second kappa shape index (κ2) is 8.07. The zero-order valence-electron chi connectivity index (χ0n) is 14.5. The molecule has 2 aromatic carbocycles. The van der Waals surface area contributed by atoms with E-state index in [-0.39, 0.29) is 0 Å². The molecular formula is C20H18BrN3O2. The Morgan fingerprint density at radius 2 is 1.96 bits per heavy atom. The van der Waals surface area contributed by atoms with Crippen LogP contribution in [0.25, 0.3) is 10.9 Å². The smallest absolute Gasteiger partial charge is 0.187 e. The molecule has 0 radical (unpaired) electrons. The van der Waals surface area contributed by atoms with Crippen LogP contribution in [0.4, 0.5) is 11.4 Å².